The molecule has 0 saturated carbocycles. The van der Waals surface area contributed by atoms with E-state index >= 15 is 0 Å². The lowest BCUT2D eigenvalue weighted by Crippen LogP contribution is -2.33. The zero-order valence-corrected chi connectivity index (χ0v) is 12.2. The van der Waals surface area contributed by atoms with Crippen molar-refractivity contribution in [3.8, 4) is 5.75 Å². The fourth-order valence-electron chi connectivity index (χ4n) is 1.66. The van der Waals surface area contributed by atoms with Crippen LogP contribution in [-0.4, -0.2) is 46.6 Å². The van der Waals surface area contributed by atoms with Gasteiger partial charge in [0, 0.05) is 19.8 Å². The molecule has 0 saturated heterocycles. The highest BCUT2D eigenvalue weighted by molar-refractivity contribution is 5.77. The number of pyridine rings is 1. The van der Waals surface area contributed by atoms with Crippen LogP contribution in [0.1, 0.15) is 19.8 Å². The minimum atomic E-state index is -1.12. The third kappa shape index (κ3) is 5.29. The second-order valence-corrected chi connectivity index (χ2v) is 4.66. The van der Waals surface area contributed by atoms with Crippen LogP contribution in [-0.2, 0) is 16.1 Å². The molecule has 0 atom stereocenters. The molecule has 0 fully saturated rings. The van der Waals surface area contributed by atoms with Crippen LogP contribution >= 0.6 is 0 Å². The Bertz CT molecular complexity index is 553. The van der Waals surface area contributed by atoms with E-state index in [1.165, 1.54) is 18.3 Å². The monoisotopic (exact) mass is 296 g/mol. The predicted octanol–water partition coefficient (Wildman–Crippen LogP) is 0.570. The molecule has 1 aromatic rings. The molecular formula is C14H20N2O5. The first-order chi connectivity index (χ1) is 9.95. The summed E-state index contributed by atoms with van der Waals surface area (Å²) in [6.45, 7) is 1.98. The fraction of sp³-hybridized carbons (Fsp3) is 0.500. The van der Waals surface area contributed by atoms with Crippen LogP contribution in [0.5, 0.6) is 5.75 Å². The van der Waals surface area contributed by atoms with E-state index in [0.717, 1.165) is 17.4 Å². The van der Waals surface area contributed by atoms with Gasteiger partial charge in [0.25, 0.3) is 11.5 Å². The number of ether oxygens (including phenoxy) is 1. The minimum absolute atomic E-state index is 0.0315. The van der Waals surface area contributed by atoms with Crippen LogP contribution in [0.15, 0.2) is 23.1 Å². The van der Waals surface area contributed by atoms with Gasteiger partial charge in [0.05, 0.1) is 0 Å². The van der Waals surface area contributed by atoms with Crippen molar-refractivity contribution in [3.63, 3.8) is 0 Å². The maximum absolute atomic E-state index is 11.9. The molecule has 7 heteroatoms. The van der Waals surface area contributed by atoms with E-state index in [4.69, 9.17) is 9.84 Å². The molecule has 0 bridgehead atoms. The first-order valence-electron chi connectivity index (χ1n) is 6.73. The fourth-order valence-corrected chi connectivity index (χ4v) is 1.66. The van der Waals surface area contributed by atoms with Gasteiger partial charge in [-0.1, -0.05) is 13.3 Å². The number of aliphatic carboxylic acids is 1. The third-order valence-corrected chi connectivity index (χ3v) is 2.91. The average molecular weight is 296 g/mol. The number of carboxylic acids is 1. The van der Waals surface area contributed by atoms with Gasteiger partial charge in [0.1, 0.15) is 6.54 Å². The molecular weight excluding hydrogens is 276 g/mol. The number of nitrogens with zero attached hydrogens (tertiary/aromatic N) is 2. The van der Waals surface area contributed by atoms with E-state index in [-0.39, 0.29) is 18.3 Å². The van der Waals surface area contributed by atoms with Crippen LogP contribution in [0, 0.1) is 0 Å². The van der Waals surface area contributed by atoms with Crippen LogP contribution in [0.2, 0.25) is 0 Å². The first kappa shape index (κ1) is 16.7. The number of aromatic nitrogens is 1. The Morgan fingerprint density at radius 1 is 1.43 bits per heavy atom. The van der Waals surface area contributed by atoms with E-state index in [9.17, 15) is 14.4 Å². The molecule has 1 aromatic heterocycles. The Kier molecular flexibility index (Phi) is 6.45. The molecule has 0 aliphatic carbocycles. The summed E-state index contributed by atoms with van der Waals surface area (Å²) in [6.07, 6.45) is 3.24. The molecule has 21 heavy (non-hydrogen) atoms. The molecule has 1 heterocycles. The molecule has 1 rings (SSSR count). The molecule has 0 aliphatic heterocycles. The highest BCUT2D eigenvalue weighted by Crippen LogP contribution is 2.03. The maximum atomic E-state index is 11.9. The highest BCUT2D eigenvalue weighted by Gasteiger charge is 2.12. The molecule has 0 unspecified atom stereocenters. The van der Waals surface area contributed by atoms with Crippen molar-refractivity contribution in [2.45, 2.75) is 26.3 Å². The number of amides is 1. The molecule has 7 nitrogen and oxygen atoms in total. The molecule has 116 valence electrons. The van der Waals surface area contributed by atoms with Gasteiger partial charge in [-0.05, 0) is 18.6 Å². The summed E-state index contributed by atoms with van der Waals surface area (Å²) in [5.41, 5.74) is -0.566. The molecule has 1 N–H and O–H groups in total. The summed E-state index contributed by atoms with van der Waals surface area (Å²) in [5.74, 6) is -1.38. The summed E-state index contributed by atoms with van der Waals surface area (Å²) in [7, 11) is 1.68. The van der Waals surface area contributed by atoms with E-state index in [0.29, 0.717) is 6.54 Å². The summed E-state index contributed by atoms with van der Waals surface area (Å²) in [4.78, 5) is 35.9. The van der Waals surface area contributed by atoms with Gasteiger partial charge in [-0.25, -0.2) is 0 Å². The van der Waals surface area contributed by atoms with E-state index in [2.05, 4.69) is 0 Å². The Morgan fingerprint density at radius 3 is 2.76 bits per heavy atom. The summed E-state index contributed by atoms with van der Waals surface area (Å²) in [5, 5.41) is 8.69. The second kappa shape index (κ2) is 8.08. The van der Waals surface area contributed by atoms with Gasteiger partial charge >= 0.3 is 5.97 Å². The molecule has 0 aromatic carbocycles. The van der Waals surface area contributed by atoms with Crippen molar-refractivity contribution >= 4 is 11.9 Å². The van der Waals surface area contributed by atoms with Crippen molar-refractivity contribution in [2.24, 2.45) is 0 Å². The van der Waals surface area contributed by atoms with Crippen molar-refractivity contribution < 1.29 is 19.4 Å². The SMILES string of the molecule is CCCCN(C)C(=O)COc1cccn(CC(=O)O)c1=O. The number of unbranched alkanes of at least 4 members (excludes halogenated alkanes) is 1. The molecule has 0 spiro atoms. The largest absolute Gasteiger partial charge is 0.480 e. The van der Waals surface area contributed by atoms with E-state index in [1.54, 1.807) is 11.9 Å². The average Bonchev–Trinajstić information content (AvgIpc) is 2.44. The van der Waals surface area contributed by atoms with Gasteiger partial charge in [-0.15, -0.1) is 0 Å². The summed E-state index contributed by atoms with van der Waals surface area (Å²) < 4.78 is 6.22. The normalized spacial score (nSPS) is 10.2. The van der Waals surface area contributed by atoms with E-state index < -0.39 is 18.1 Å². The first-order valence-corrected chi connectivity index (χ1v) is 6.73. The molecule has 0 aliphatic rings. The van der Waals surface area contributed by atoms with Crippen LogP contribution in [0.25, 0.3) is 0 Å². The number of hydrogen-bond acceptors (Lipinski definition) is 4. The number of likely N-dealkylation sites (N-methyl/N-ethyl adjacent to an activating group) is 1. The van der Waals surface area contributed by atoms with Gasteiger partial charge in [-0.2, -0.15) is 0 Å². The Balaban J connectivity index is 2.65. The van der Waals surface area contributed by atoms with Gasteiger partial charge in [0.15, 0.2) is 12.4 Å². The van der Waals surface area contributed by atoms with Crippen LogP contribution < -0.4 is 10.3 Å². The predicted molar refractivity (Wildman–Crippen MR) is 76.4 cm³/mol. The van der Waals surface area contributed by atoms with Gasteiger partial charge < -0.3 is 19.3 Å². The maximum Gasteiger partial charge on any atom is 0.323 e. The smallest absolute Gasteiger partial charge is 0.323 e. The third-order valence-electron chi connectivity index (χ3n) is 2.91. The number of carboxylic acid groups (broad SMARTS) is 1. The van der Waals surface area contributed by atoms with Crippen molar-refractivity contribution in [1.82, 2.24) is 9.47 Å². The highest BCUT2D eigenvalue weighted by atomic mass is 16.5. The van der Waals surface area contributed by atoms with Crippen molar-refractivity contribution in [1.29, 1.82) is 0 Å². The molecule has 1 amide bonds. The standard InChI is InChI=1S/C14H20N2O5/c1-3-4-7-15(2)12(17)10-21-11-6-5-8-16(14(11)20)9-13(18)19/h5-6,8H,3-4,7,9-10H2,1-2H3,(H,18,19). The lowest BCUT2D eigenvalue weighted by atomic mass is 10.3. The Labute approximate surface area is 122 Å². The molecule has 0 radical (unpaired) electrons. The lowest BCUT2D eigenvalue weighted by molar-refractivity contribution is -0.137. The number of carbonyl (C=O) groups excluding carboxylic acids is 1. The second-order valence-electron chi connectivity index (χ2n) is 4.66. The Hall–Kier alpha value is -2.31. The Morgan fingerprint density at radius 2 is 2.14 bits per heavy atom. The summed E-state index contributed by atoms with van der Waals surface area (Å²) >= 11 is 0. The zero-order chi connectivity index (χ0) is 15.8. The van der Waals surface area contributed by atoms with Crippen LogP contribution in [0.3, 0.4) is 0 Å². The quantitative estimate of drug-likeness (QED) is 0.757. The zero-order valence-electron chi connectivity index (χ0n) is 12.2. The van der Waals surface area contributed by atoms with Gasteiger partial charge in [-0.3, -0.25) is 14.4 Å². The number of hydrogen-bond donors (Lipinski definition) is 1. The van der Waals surface area contributed by atoms with Crippen molar-refractivity contribution in [2.75, 3.05) is 20.2 Å². The minimum Gasteiger partial charge on any atom is -0.480 e. The van der Waals surface area contributed by atoms with E-state index in [1.807, 2.05) is 6.92 Å². The lowest BCUT2D eigenvalue weighted by Gasteiger charge is -2.16. The van der Waals surface area contributed by atoms with Gasteiger partial charge in [0.2, 0.25) is 0 Å². The summed E-state index contributed by atoms with van der Waals surface area (Å²) in [6, 6.07) is 2.92. The number of rotatable bonds is 8. The number of carbonyl (C=O) groups is 2. The topological polar surface area (TPSA) is 88.8 Å². The van der Waals surface area contributed by atoms with Crippen LogP contribution in [0.4, 0.5) is 0 Å². The van der Waals surface area contributed by atoms with Crippen molar-refractivity contribution in [3.05, 3.63) is 28.7 Å².